The molecule has 1 saturated heterocycles. The Kier molecular flexibility index (Phi) is 2.84. The first kappa shape index (κ1) is 8.32. The van der Waals surface area contributed by atoms with Gasteiger partial charge in [-0.25, -0.2) is 0 Å². The monoisotopic (exact) mass is 198 g/mol. The smallest absolute Gasteiger partial charge is 0.155 e. The maximum atomic E-state index is 5.72. The molecule has 0 saturated carbocycles. The summed E-state index contributed by atoms with van der Waals surface area (Å²) in [5.74, 6) is 2.19. The minimum Gasteiger partial charge on any atom is -0.479 e. The van der Waals surface area contributed by atoms with Crippen LogP contribution in [0.5, 0.6) is 5.75 Å². The summed E-state index contributed by atoms with van der Waals surface area (Å²) < 4.78 is 5.72. The molecule has 3 heteroatoms. The van der Waals surface area contributed by atoms with E-state index >= 15 is 0 Å². The van der Waals surface area contributed by atoms with Crippen LogP contribution in [0.4, 0.5) is 0 Å². The van der Waals surface area contributed by atoms with Gasteiger partial charge in [-0.05, 0) is 22.9 Å². The van der Waals surface area contributed by atoms with Crippen LogP contribution in [-0.4, -0.2) is 11.2 Å². The topological polar surface area (TPSA) is 9.23 Å². The maximum Gasteiger partial charge on any atom is 0.155 e. The van der Waals surface area contributed by atoms with Crippen LogP contribution in [0.3, 0.4) is 0 Å². The van der Waals surface area contributed by atoms with E-state index in [1.807, 2.05) is 51.9 Å². The summed E-state index contributed by atoms with van der Waals surface area (Å²) in [6, 6.07) is 10.0. The molecule has 0 radical (unpaired) electrons. The molecule has 1 heterocycles. The predicted octanol–water partition coefficient (Wildman–Crippen LogP) is 3.18. The molecule has 0 spiro atoms. The Hall–Kier alpha value is -0.280. The number of para-hydroxylation sites is 1. The van der Waals surface area contributed by atoms with Gasteiger partial charge in [0.1, 0.15) is 5.75 Å². The molecule has 0 unspecified atom stereocenters. The van der Waals surface area contributed by atoms with Crippen LogP contribution >= 0.6 is 21.6 Å². The molecular weight excluding hydrogens is 188 g/mol. The Morgan fingerprint density at radius 2 is 2.08 bits per heavy atom. The van der Waals surface area contributed by atoms with Gasteiger partial charge in [0.05, 0.1) is 0 Å². The number of benzene rings is 1. The lowest BCUT2D eigenvalue weighted by atomic mass is 10.3. The van der Waals surface area contributed by atoms with Crippen LogP contribution < -0.4 is 4.74 Å². The summed E-state index contributed by atoms with van der Waals surface area (Å²) in [6.07, 6.45) is 1.16. The van der Waals surface area contributed by atoms with Crippen molar-refractivity contribution in [2.45, 2.75) is 11.9 Å². The second kappa shape index (κ2) is 4.10. The highest BCUT2D eigenvalue weighted by atomic mass is 33.1. The summed E-state index contributed by atoms with van der Waals surface area (Å²) in [7, 11) is 3.72. The lowest BCUT2D eigenvalue weighted by Crippen LogP contribution is -2.07. The van der Waals surface area contributed by atoms with E-state index in [1.54, 1.807) is 0 Å². The lowest BCUT2D eigenvalue weighted by molar-refractivity contribution is 0.289. The highest BCUT2D eigenvalue weighted by molar-refractivity contribution is 8.77. The number of hydrogen-bond donors (Lipinski definition) is 0. The van der Waals surface area contributed by atoms with Crippen molar-refractivity contribution in [3.05, 3.63) is 30.3 Å². The van der Waals surface area contributed by atoms with Crippen LogP contribution in [0, 0.1) is 0 Å². The average Bonchev–Trinajstić information content (AvgIpc) is 2.59. The van der Waals surface area contributed by atoms with E-state index in [4.69, 9.17) is 4.74 Å². The molecule has 1 atom stereocenters. The summed E-state index contributed by atoms with van der Waals surface area (Å²) in [6.45, 7) is 0. The molecule has 0 amide bonds. The van der Waals surface area contributed by atoms with Gasteiger partial charge in [-0.15, -0.1) is 0 Å². The number of ether oxygens (including phenoxy) is 1. The van der Waals surface area contributed by atoms with Crippen LogP contribution in [0.25, 0.3) is 0 Å². The molecule has 1 aromatic rings. The van der Waals surface area contributed by atoms with Gasteiger partial charge in [-0.1, -0.05) is 29.0 Å². The van der Waals surface area contributed by atoms with E-state index in [0.29, 0.717) is 5.44 Å². The van der Waals surface area contributed by atoms with E-state index in [-0.39, 0.29) is 0 Å². The van der Waals surface area contributed by atoms with Crippen LogP contribution in [0.15, 0.2) is 30.3 Å². The fourth-order valence-corrected chi connectivity index (χ4v) is 3.56. The molecule has 64 valence electrons. The minimum absolute atomic E-state index is 0.359. The normalized spacial score (nSPS) is 22.5. The van der Waals surface area contributed by atoms with E-state index in [9.17, 15) is 0 Å². The third kappa shape index (κ3) is 2.11. The Bertz CT molecular complexity index is 232. The predicted molar refractivity (Wildman–Crippen MR) is 55.5 cm³/mol. The molecule has 1 aliphatic rings. The Morgan fingerprint density at radius 1 is 1.25 bits per heavy atom. The van der Waals surface area contributed by atoms with Gasteiger partial charge in [0.15, 0.2) is 5.44 Å². The van der Waals surface area contributed by atoms with E-state index in [2.05, 4.69) is 0 Å². The fraction of sp³-hybridized carbons (Fsp3) is 0.333. The largest absolute Gasteiger partial charge is 0.479 e. The first-order valence-electron chi connectivity index (χ1n) is 3.95. The first-order chi connectivity index (χ1) is 5.95. The van der Waals surface area contributed by atoms with Crippen molar-refractivity contribution >= 4 is 21.6 Å². The molecule has 1 nitrogen and oxygen atoms in total. The second-order valence-electron chi connectivity index (χ2n) is 2.57. The zero-order chi connectivity index (χ0) is 8.23. The molecule has 1 aromatic carbocycles. The summed E-state index contributed by atoms with van der Waals surface area (Å²) in [5, 5.41) is 0. The minimum atomic E-state index is 0.359. The van der Waals surface area contributed by atoms with Crippen molar-refractivity contribution in [1.82, 2.24) is 0 Å². The molecule has 0 aromatic heterocycles. The highest BCUT2D eigenvalue weighted by Crippen LogP contribution is 2.38. The van der Waals surface area contributed by atoms with Crippen molar-refractivity contribution in [1.29, 1.82) is 0 Å². The summed E-state index contributed by atoms with van der Waals surface area (Å²) >= 11 is 0. The maximum absolute atomic E-state index is 5.72. The summed E-state index contributed by atoms with van der Waals surface area (Å²) in [5.41, 5.74) is 0.359. The molecule has 1 aliphatic heterocycles. The second-order valence-corrected chi connectivity index (χ2v) is 5.21. The fourth-order valence-electron chi connectivity index (χ4n) is 1.05. The van der Waals surface area contributed by atoms with Gasteiger partial charge in [0, 0.05) is 12.2 Å². The molecule has 12 heavy (non-hydrogen) atoms. The van der Waals surface area contributed by atoms with Crippen LogP contribution in [0.2, 0.25) is 0 Å². The van der Waals surface area contributed by atoms with Gasteiger partial charge in [0.25, 0.3) is 0 Å². The zero-order valence-electron chi connectivity index (χ0n) is 6.60. The average molecular weight is 198 g/mol. The first-order valence-corrected chi connectivity index (χ1v) is 6.33. The van der Waals surface area contributed by atoms with E-state index in [1.165, 1.54) is 5.75 Å². The molecule has 0 bridgehead atoms. The third-order valence-electron chi connectivity index (χ3n) is 1.62. The Balaban J connectivity index is 1.94. The number of rotatable bonds is 2. The highest BCUT2D eigenvalue weighted by Gasteiger charge is 2.17. The molecule has 0 N–H and O–H groups in total. The molecule has 1 fully saturated rings. The van der Waals surface area contributed by atoms with Crippen molar-refractivity contribution in [3.63, 3.8) is 0 Å². The quantitative estimate of drug-likeness (QED) is 0.675. The van der Waals surface area contributed by atoms with Crippen molar-refractivity contribution < 1.29 is 4.74 Å². The molecule has 2 rings (SSSR count). The van der Waals surface area contributed by atoms with E-state index in [0.717, 1.165) is 12.2 Å². The van der Waals surface area contributed by atoms with Gasteiger partial charge in [0.2, 0.25) is 0 Å². The van der Waals surface area contributed by atoms with Gasteiger partial charge >= 0.3 is 0 Å². The van der Waals surface area contributed by atoms with Gasteiger partial charge < -0.3 is 4.74 Å². The van der Waals surface area contributed by atoms with Crippen molar-refractivity contribution in [3.8, 4) is 5.75 Å². The van der Waals surface area contributed by atoms with Crippen LogP contribution in [-0.2, 0) is 0 Å². The van der Waals surface area contributed by atoms with Crippen molar-refractivity contribution in [2.24, 2.45) is 0 Å². The lowest BCUT2D eigenvalue weighted by Gasteiger charge is -2.10. The Morgan fingerprint density at radius 3 is 2.75 bits per heavy atom. The van der Waals surface area contributed by atoms with E-state index < -0.39 is 0 Å². The standard InChI is InChI=1S/C9H10OS2/c1-2-4-8(5-3-1)10-9-6-7-11-12-9/h1-5,9H,6-7H2/t9-/m1/s1. The van der Waals surface area contributed by atoms with Crippen LogP contribution in [0.1, 0.15) is 6.42 Å². The third-order valence-corrected chi connectivity index (χ3v) is 4.26. The zero-order valence-corrected chi connectivity index (χ0v) is 8.24. The number of hydrogen-bond acceptors (Lipinski definition) is 3. The SMILES string of the molecule is c1ccc(O[C@H]2CCSS2)cc1. The summed E-state index contributed by atoms with van der Waals surface area (Å²) in [4.78, 5) is 0. The van der Waals surface area contributed by atoms with Crippen molar-refractivity contribution in [2.75, 3.05) is 5.75 Å². The van der Waals surface area contributed by atoms with Gasteiger partial charge in [-0.2, -0.15) is 0 Å². The van der Waals surface area contributed by atoms with Gasteiger partial charge in [-0.3, -0.25) is 0 Å². The molecular formula is C9H10OS2. The molecule has 0 aliphatic carbocycles. The Labute approximate surface area is 80.3 Å².